The molecule has 0 aliphatic carbocycles. The Morgan fingerprint density at radius 2 is 2.43 bits per heavy atom. The second-order valence-corrected chi connectivity index (χ2v) is 3.83. The molecule has 1 rings (SSSR count). The number of carbonyl (C=O) groups is 2. The van der Waals surface area contributed by atoms with Crippen LogP contribution in [0.15, 0.2) is 23.3 Å². The molecule has 0 spiro atoms. The number of carboxylic acid groups (broad SMARTS) is 1. The summed E-state index contributed by atoms with van der Waals surface area (Å²) >= 11 is 1.22. The number of hydrogen-bond acceptors (Lipinski definition) is 5. The van der Waals surface area contributed by atoms with Crippen molar-refractivity contribution in [1.82, 2.24) is 5.32 Å². The molecule has 1 atom stereocenters. The minimum Gasteiger partial charge on any atom is -0.481 e. The van der Waals surface area contributed by atoms with Crippen LogP contribution < -0.4 is 11.1 Å². The third-order valence-corrected chi connectivity index (χ3v) is 2.67. The predicted octanol–water partition coefficient (Wildman–Crippen LogP) is 0.00650. The van der Waals surface area contributed by atoms with E-state index in [0.29, 0.717) is 6.29 Å². The number of thioether (sulfide) groups is 1. The Kier molecular flexibility index (Phi) is 3.32. The van der Waals surface area contributed by atoms with Crippen LogP contribution in [0.3, 0.4) is 0 Å². The first-order valence-corrected chi connectivity index (χ1v) is 4.73. The second kappa shape index (κ2) is 4.30. The van der Waals surface area contributed by atoms with E-state index in [4.69, 9.17) is 10.8 Å². The van der Waals surface area contributed by atoms with Crippen molar-refractivity contribution in [2.24, 2.45) is 5.73 Å². The summed E-state index contributed by atoms with van der Waals surface area (Å²) in [6.07, 6.45) is 3.27. The lowest BCUT2D eigenvalue weighted by Crippen LogP contribution is -2.47. The van der Waals surface area contributed by atoms with Gasteiger partial charge >= 0.3 is 5.97 Å². The van der Waals surface area contributed by atoms with E-state index in [1.165, 1.54) is 17.8 Å². The lowest BCUT2D eigenvalue weighted by molar-refractivity contribution is -0.136. The standard InChI is InChI=1S/C8H10N2O3S/c9-8(10-3-4-14-8)6(5-11)1-2-7(12)13/h1,3-5,10H,2,9H2,(H,12,13)/b6-1-. The quantitative estimate of drug-likeness (QED) is 0.451. The minimum atomic E-state index is -1.02. The van der Waals surface area contributed by atoms with Gasteiger partial charge < -0.3 is 10.4 Å². The molecule has 0 saturated heterocycles. The van der Waals surface area contributed by atoms with Crippen molar-refractivity contribution in [3.8, 4) is 0 Å². The fourth-order valence-electron chi connectivity index (χ4n) is 0.969. The Balaban J connectivity index is 2.75. The molecule has 1 aliphatic heterocycles. The van der Waals surface area contributed by atoms with E-state index < -0.39 is 11.0 Å². The van der Waals surface area contributed by atoms with E-state index in [1.54, 1.807) is 11.6 Å². The molecule has 6 heteroatoms. The van der Waals surface area contributed by atoms with Crippen LogP contribution in [0.4, 0.5) is 0 Å². The van der Waals surface area contributed by atoms with Gasteiger partial charge in [0, 0.05) is 11.8 Å². The lowest BCUT2D eigenvalue weighted by Gasteiger charge is -2.23. The van der Waals surface area contributed by atoms with Gasteiger partial charge in [0.15, 0.2) is 4.99 Å². The topological polar surface area (TPSA) is 92.4 Å². The number of nitrogens with one attached hydrogen (secondary N) is 1. The molecule has 4 N–H and O–H groups in total. The van der Waals surface area contributed by atoms with Crippen molar-refractivity contribution in [2.45, 2.75) is 11.4 Å². The van der Waals surface area contributed by atoms with Gasteiger partial charge in [0.25, 0.3) is 0 Å². The first-order valence-electron chi connectivity index (χ1n) is 3.85. The Morgan fingerprint density at radius 3 is 2.86 bits per heavy atom. The molecular formula is C8H10N2O3S. The maximum Gasteiger partial charge on any atom is 0.307 e. The third-order valence-electron chi connectivity index (χ3n) is 1.67. The average molecular weight is 214 g/mol. The molecule has 0 aromatic carbocycles. The highest BCUT2D eigenvalue weighted by Crippen LogP contribution is 2.29. The highest BCUT2D eigenvalue weighted by molar-refractivity contribution is 8.03. The van der Waals surface area contributed by atoms with Crippen molar-refractivity contribution < 1.29 is 14.7 Å². The first kappa shape index (κ1) is 10.8. The summed E-state index contributed by atoms with van der Waals surface area (Å²) in [5.74, 6) is -0.996. The Bertz CT molecular complexity index is 304. The summed E-state index contributed by atoms with van der Waals surface area (Å²) < 4.78 is 0. The SMILES string of the molecule is NC1(/C(C=O)=C\CC(=O)O)NC=CS1. The number of aldehydes is 1. The summed E-state index contributed by atoms with van der Waals surface area (Å²) in [6.45, 7) is 0. The van der Waals surface area contributed by atoms with Gasteiger partial charge in [-0.15, -0.1) is 0 Å². The molecule has 0 aromatic heterocycles. The average Bonchev–Trinajstić information content (AvgIpc) is 2.53. The molecule has 0 aromatic rings. The monoisotopic (exact) mass is 214 g/mol. The van der Waals surface area contributed by atoms with Gasteiger partial charge in [-0.25, -0.2) is 0 Å². The molecule has 14 heavy (non-hydrogen) atoms. The molecule has 76 valence electrons. The smallest absolute Gasteiger partial charge is 0.307 e. The highest BCUT2D eigenvalue weighted by Gasteiger charge is 2.31. The fraction of sp³-hybridized carbons (Fsp3) is 0.250. The van der Waals surface area contributed by atoms with Gasteiger partial charge in [-0.3, -0.25) is 15.3 Å². The zero-order chi connectivity index (χ0) is 10.6. The van der Waals surface area contributed by atoms with Gasteiger partial charge in [0.05, 0.1) is 6.42 Å². The van der Waals surface area contributed by atoms with Crippen molar-refractivity contribution in [3.05, 3.63) is 23.3 Å². The van der Waals surface area contributed by atoms with Gasteiger partial charge in [-0.1, -0.05) is 17.8 Å². The third kappa shape index (κ3) is 2.36. The Hall–Kier alpha value is -1.27. The molecule has 1 heterocycles. The molecule has 1 aliphatic rings. The number of hydrogen-bond donors (Lipinski definition) is 3. The van der Waals surface area contributed by atoms with E-state index in [9.17, 15) is 9.59 Å². The molecule has 0 fully saturated rings. The molecular weight excluding hydrogens is 204 g/mol. The highest BCUT2D eigenvalue weighted by atomic mass is 32.2. The van der Waals surface area contributed by atoms with Crippen molar-refractivity contribution in [3.63, 3.8) is 0 Å². The molecule has 0 bridgehead atoms. The molecule has 0 amide bonds. The zero-order valence-corrected chi connectivity index (χ0v) is 8.08. The predicted molar refractivity (Wildman–Crippen MR) is 53.2 cm³/mol. The fourth-order valence-corrected chi connectivity index (χ4v) is 1.72. The van der Waals surface area contributed by atoms with E-state index in [0.717, 1.165) is 0 Å². The zero-order valence-electron chi connectivity index (χ0n) is 7.27. The lowest BCUT2D eigenvalue weighted by atomic mass is 10.2. The normalized spacial score (nSPS) is 25.9. The molecule has 5 nitrogen and oxygen atoms in total. The van der Waals surface area contributed by atoms with Crippen LogP contribution in [0.5, 0.6) is 0 Å². The maximum absolute atomic E-state index is 10.7. The van der Waals surface area contributed by atoms with E-state index in [-0.39, 0.29) is 12.0 Å². The number of nitrogens with two attached hydrogens (primary N) is 1. The molecule has 1 unspecified atom stereocenters. The van der Waals surface area contributed by atoms with Crippen LogP contribution in [0.1, 0.15) is 6.42 Å². The summed E-state index contributed by atoms with van der Waals surface area (Å²) in [7, 11) is 0. The number of carboxylic acids is 1. The van der Waals surface area contributed by atoms with Crippen molar-refractivity contribution in [2.75, 3.05) is 0 Å². The van der Waals surface area contributed by atoms with Crippen LogP contribution in [-0.2, 0) is 9.59 Å². The largest absolute Gasteiger partial charge is 0.481 e. The van der Waals surface area contributed by atoms with Gasteiger partial charge in [0.1, 0.15) is 6.29 Å². The van der Waals surface area contributed by atoms with Crippen LogP contribution in [-0.4, -0.2) is 22.4 Å². The number of carbonyl (C=O) groups excluding carboxylic acids is 1. The van der Waals surface area contributed by atoms with Crippen LogP contribution >= 0.6 is 11.8 Å². The van der Waals surface area contributed by atoms with E-state index in [1.807, 2.05) is 0 Å². The van der Waals surface area contributed by atoms with Crippen molar-refractivity contribution in [1.29, 1.82) is 0 Å². The summed E-state index contributed by atoms with van der Waals surface area (Å²) in [5.41, 5.74) is 6.03. The minimum absolute atomic E-state index is 0.213. The van der Waals surface area contributed by atoms with Crippen LogP contribution in [0, 0.1) is 0 Å². The molecule has 0 radical (unpaired) electrons. The van der Waals surface area contributed by atoms with Gasteiger partial charge in [-0.2, -0.15) is 0 Å². The van der Waals surface area contributed by atoms with Crippen LogP contribution in [0.2, 0.25) is 0 Å². The van der Waals surface area contributed by atoms with Gasteiger partial charge in [0.2, 0.25) is 0 Å². The summed E-state index contributed by atoms with van der Waals surface area (Å²) in [6, 6.07) is 0. The van der Waals surface area contributed by atoms with Crippen LogP contribution in [0.25, 0.3) is 0 Å². The Labute approximate surface area is 85.0 Å². The van der Waals surface area contributed by atoms with E-state index >= 15 is 0 Å². The van der Waals surface area contributed by atoms with Crippen molar-refractivity contribution >= 4 is 24.0 Å². The summed E-state index contributed by atoms with van der Waals surface area (Å²) in [4.78, 5) is 20.0. The first-order chi connectivity index (χ1) is 6.58. The Morgan fingerprint density at radius 1 is 1.71 bits per heavy atom. The van der Waals surface area contributed by atoms with Gasteiger partial charge in [-0.05, 0) is 5.41 Å². The van der Waals surface area contributed by atoms with E-state index in [2.05, 4.69) is 5.32 Å². The number of aliphatic carboxylic acids is 1. The second-order valence-electron chi connectivity index (χ2n) is 2.68. The maximum atomic E-state index is 10.7. The molecule has 0 saturated carbocycles. The summed E-state index contributed by atoms with van der Waals surface area (Å²) in [5, 5.41) is 12.9. The number of rotatable bonds is 4.